The summed E-state index contributed by atoms with van der Waals surface area (Å²) >= 11 is 0. The van der Waals surface area contributed by atoms with Crippen molar-refractivity contribution in [3.05, 3.63) is 49.1 Å². The van der Waals surface area contributed by atoms with E-state index in [-0.39, 0.29) is 29.4 Å². The fourth-order valence-electron chi connectivity index (χ4n) is 3.19. The van der Waals surface area contributed by atoms with Crippen molar-refractivity contribution >= 4 is 23.4 Å². The molecule has 8 nitrogen and oxygen atoms in total. The summed E-state index contributed by atoms with van der Waals surface area (Å²) in [6.07, 6.45) is 7.31. The second kappa shape index (κ2) is 8.03. The number of amides is 4. The molecule has 4 amide bonds. The maximum absolute atomic E-state index is 12.2. The monoisotopic (exact) mass is 368 g/mol. The molecule has 0 radical (unpaired) electrons. The Kier molecular flexibility index (Phi) is 5.54. The van der Waals surface area contributed by atoms with Crippen molar-refractivity contribution < 1.29 is 9.59 Å². The highest BCUT2D eigenvalue weighted by atomic mass is 16.2. The van der Waals surface area contributed by atoms with Gasteiger partial charge in [-0.2, -0.15) is 0 Å². The summed E-state index contributed by atoms with van der Waals surface area (Å²) in [6, 6.07) is 6.50. The number of urea groups is 2. The van der Waals surface area contributed by atoms with Crippen LogP contribution in [0.2, 0.25) is 0 Å². The number of nitrogens with one attached hydrogen (secondary N) is 4. The number of carbonyl (C=O) groups excluding carboxylic acids is 2. The molecule has 0 bridgehead atoms. The highest BCUT2D eigenvalue weighted by Gasteiger charge is 2.48. The molecule has 27 heavy (non-hydrogen) atoms. The van der Waals surface area contributed by atoms with E-state index >= 15 is 0 Å². The van der Waals surface area contributed by atoms with Crippen LogP contribution < -0.4 is 21.3 Å². The van der Waals surface area contributed by atoms with Gasteiger partial charge in [0.05, 0.1) is 0 Å². The zero-order valence-corrected chi connectivity index (χ0v) is 15.4. The molecule has 2 atom stereocenters. The molecule has 1 saturated carbocycles. The predicted octanol–water partition coefficient (Wildman–Crippen LogP) is 2.83. The largest absolute Gasteiger partial charge is 0.338 e. The third-order valence-corrected chi connectivity index (χ3v) is 5.16. The fourth-order valence-corrected chi connectivity index (χ4v) is 3.19. The zero-order valence-electron chi connectivity index (χ0n) is 15.4. The van der Waals surface area contributed by atoms with E-state index in [1.54, 1.807) is 49.1 Å². The lowest BCUT2D eigenvalue weighted by Gasteiger charge is -2.52. The summed E-state index contributed by atoms with van der Waals surface area (Å²) in [5.74, 6) is 0.284. The average Bonchev–Trinajstić information content (AvgIpc) is 2.65. The van der Waals surface area contributed by atoms with Crippen molar-refractivity contribution in [3.8, 4) is 0 Å². The molecule has 0 saturated heterocycles. The lowest BCUT2D eigenvalue weighted by molar-refractivity contribution is 0.0244. The van der Waals surface area contributed by atoms with Gasteiger partial charge in [-0.1, -0.05) is 13.8 Å². The number of anilines is 2. The number of pyridine rings is 2. The van der Waals surface area contributed by atoms with Crippen LogP contribution in [0.5, 0.6) is 0 Å². The minimum absolute atomic E-state index is 0.0504. The molecule has 3 rings (SSSR count). The Bertz CT molecular complexity index is 781. The molecule has 2 heterocycles. The van der Waals surface area contributed by atoms with Crippen LogP contribution >= 0.6 is 0 Å². The van der Waals surface area contributed by atoms with E-state index in [2.05, 4.69) is 45.1 Å². The first-order chi connectivity index (χ1) is 12.9. The Balaban J connectivity index is 1.42. The Morgan fingerprint density at radius 3 is 2.00 bits per heavy atom. The molecule has 1 aliphatic rings. The van der Waals surface area contributed by atoms with Gasteiger partial charge in [-0.05, 0) is 42.0 Å². The van der Waals surface area contributed by atoms with E-state index in [4.69, 9.17) is 0 Å². The van der Waals surface area contributed by atoms with Crippen LogP contribution in [0, 0.1) is 11.3 Å². The van der Waals surface area contributed by atoms with Crippen molar-refractivity contribution in [2.75, 3.05) is 17.2 Å². The standard InChI is InChI=1S/C19H24N6O2/c1-19(2)13(12-22-17(26)23-14-3-7-20-8-4-14)11-16(19)25-18(27)24-15-5-9-21-10-6-15/h3-10,13,16H,11-12H2,1-2H3,(H2,20,22,23,26)(H2,21,24,25,27)/t13-,16+/m0/s1. The van der Waals surface area contributed by atoms with Crippen LogP contribution in [-0.4, -0.2) is 34.6 Å². The summed E-state index contributed by atoms with van der Waals surface area (Å²) in [7, 11) is 0. The van der Waals surface area contributed by atoms with Gasteiger partial charge in [0.2, 0.25) is 0 Å². The van der Waals surface area contributed by atoms with Crippen molar-refractivity contribution in [1.29, 1.82) is 0 Å². The van der Waals surface area contributed by atoms with Crippen LogP contribution in [0.25, 0.3) is 0 Å². The highest BCUT2D eigenvalue weighted by molar-refractivity contribution is 5.90. The third kappa shape index (κ3) is 4.72. The molecule has 0 unspecified atom stereocenters. The van der Waals surface area contributed by atoms with E-state index in [1.165, 1.54) is 0 Å². The van der Waals surface area contributed by atoms with Gasteiger partial charge in [0.1, 0.15) is 0 Å². The first-order valence-electron chi connectivity index (χ1n) is 8.87. The predicted molar refractivity (Wildman–Crippen MR) is 103 cm³/mol. The zero-order chi connectivity index (χ0) is 19.3. The average molecular weight is 368 g/mol. The SMILES string of the molecule is CC1(C)[C@H](CNC(=O)Nc2ccncc2)C[C@H]1NC(=O)Nc1ccncc1. The molecular weight excluding hydrogens is 344 g/mol. The Hall–Kier alpha value is -3.16. The molecule has 4 N–H and O–H groups in total. The van der Waals surface area contributed by atoms with Gasteiger partial charge in [0.15, 0.2) is 0 Å². The van der Waals surface area contributed by atoms with Crippen molar-refractivity contribution in [2.24, 2.45) is 11.3 Å². The maximum Gasteiger partial charge on any atom is 0.319 e. The molecule has 2 aromatic heterocycles. The lowest BCUT2D eigenvalue weighted by atomic mass is 9.58. The number of hydrogen-bond donors (Lipinski definition) is 4. The van der Waals surface area contributed by atoms with E-state index in [1.807, 2.05) is 0 Å². The van der Waals surface area contributed by atoms with Gasteiger partial charge in [-0.3, -0.25) is 9.97 Å². The van der Waals surface area contributed by atoms with Gasteiger partial charge in [-0.25, -0.2) is 9.59 Å². The number of carbonyl (C=O) groups is 2. The second-order valence-electron chi connectivity index (χ2n) is 7.21. The molecule has 1 aliphatic carbocycles. The molecule has 0 aliphatic heterocycles. The number of aromatic nitrogens is 2. The molecule has 2 aromatic rings. The molecule has 0 spiro atoms. The summed E-state index contributed by atoms with van der Waals surface area (Å²) < 4.78 is 0. The normalized spacial score (nSPS) is 20.1. The third-order valence-electron chi connectivity index (χ3n) is 5.16. The quantitative estimate of drug-likeness (QED) is 0.651. The molecule has 0 aromatic carbocycles. The number of rotatable bonds is 5. The van der Waals surface area contributed by atoms with Crippen LogP contribution in [0.3, 0.4) is 0 Å². The lowest BCUT2D eigenvalue weighted by Crippen LogP contribution is -2.61. The Morgan fingerprint density at radius 2 is 1.48 bits per heavy atom. The minimum Gasteiger partial charge on any atom is -0.338 e. The van der Waals surface area contributed by atoms with E-state index in [9.17, 15) is 9.59 Å². The van der Waals surface area contributed by atoms with Crippen LogP contribution in [0.15, 0.2) is 49.1 Å². The second-order valence-corrected chi connectivity index (χ2v) is 7.21. The van der Waals surface area contributed by atoms with Crippen molar-refractivity contribution in [1.82, 2.24) is 20.6 Å². The van der Waals surface area contributed by atoms with Gasteiger partial charge < -0.3 is 21.3 Å². The molecule has 8 heteroatoms. The smallest absolute Gasteiger partial charge is 0.319 e. The minimum atomic E-state index is -0.246. The number of nitrogens with zero attached hydrogens (tertiary/aromatic N) is 2. The van der Waals surface area contributed by atoms with Crippen LogP contribution in [0.4, 0.5) is 21.0 Å². The highest BCUT2D eigenvalue weighted by Crippen LogP contribution is 2.45. The first kappa shape index (κ1) is 18.6. The Morgan fingerprint density at radius 1 is 0.963 bits per heavy atom. The van der Waals surface area contributed by atoms with E-state index in [0.717, 1.165) is 6.42 Å². The first-order valence-corrected chi connectivity index (χ1v) is 8.87. The maximum atomic E-state index is 12.2. The van der Waals surface area contributed by atoms with Gasteiger partial charge in [0.25, 0.3) is 0 Å². The van der Waals surface area contributed by atoms with Crippen molar-refractivity contribution in [3.63, 3.8) is 0 Å². The van der Waals surface area contributed by atoms with E-state index < -0.39 is 0 Å². The van der Waals surface area contributed by atoms with Gasteiger partial charge in [-0.15, -0.1) is 0 Å². The van der Waals surface area contributed by atoms with Crippen LogP contribution in [-0.2, 0) is 0 Å². The molecular formula is C19H24N6O2. The van der Waals surface area contributed by atoms with Crippen molar-refractivity contribution in [2.45, 2.75) is 26.3 Å². The molecule has 1 fully saturated rings. The summed E-state index contributed by atoms with van der Waals surface area (Å²) in [4.78, 5) is 32.0. The summed E-state index contributed by atoms with van der Waals surface area (Å²) in [5.41, 5.74) is 1.29. The summed E-state index contributed by atoms with van der Waals surface area (Å²) in [6.45, 7) is 4.75. The van der Waals surface area contributed by atoms with Gasteiger partial charge in [0, 0.05) is 48.7 Å². The van der Waals surface area contributed by atoms with Crippen LogP contribution in [0.1, 0.15) is 20.3 Å². The fraction of sp³-hybridized carbons (Fsp3) is 0.368. The van der Waals surface area contributed by atoms with Gasteiger partial charge >= 0.3 is 12.1 Å². The molecule has 142 valence electrons. The topological polar surface area (TPSA) is 108 Å². The summed E-state index contributed by atoms with van der Waals surface area (Å²) in [5, 5.41) is 11.5. The Labute approximate surface area is 158 Å². The van der Waals surface area contributed by atoms with E-state index in [0.29, 0.717) is 17.9 Å². The number of hydrogen-bond acceptors (Lipinski definition) is 4.